The number of hydrogen-bond acceptors (Lipinski definition) is 2. The van der Waals surface area contributed by atoms with E-state index in [1.54, 1.807) is 0 Å². The zero-order valence-corrected chi connectivity index (χ0v) is 8.79. The third kappa shape index (κ3) is 1.75. The van der Waals surface area contributed by atoms with Crippen molar-refractivity contribution in [3.63, 3.8) is 0 Å². The standard InChI is InChI=1S/C11H21NO/c1-3-6-12-9-4-5-10(12)8-11(2,13)7-9/h9-10,13H,3-8H2,1-2H3/t9-,10-/m0/s1. The quantitative estimate of drug-likeness (QED) is 0.705. The minimum absolute atomic E-state index is 0.379. The average Bonchev–Trinajstić information content (AvgIpc) is 2.31. The van der Waals surface area contributed by atoms with Crippen molar-refractivity contribution >= 4 is 0 Å². The van der Waals surface area contributed by atoms with Crippen molar-refractivity contribution in [1.29, 1.82) is 0 Å². The van der Waals surface area contributed by atoms with Crippen LogP contribution in [-0.4, -0.2) is 34.2 Å². The molecule has 0 aromatic carbocycles. The Morgan fingerprint density at radius 1 is 1.31 bits per heavy atom. The largest absolute Gasteiger partial charge is 0.390 e. The summed E-state index contributed by atoms with van der Waals surface area (Å²) in [5, 5.41) is 10.0. The zero-order valence-electron chi connectivity index (χ0n) is 8.79. The molecule has 2 rings (SSSR count). The third-order valence-corrected chi connectivity index (χ3v) is 3.60. The molecule has 0 aliphatic carbocycles. The van der Waals surface area contributed by atoms with Gasteiger partial charge in [0.1, 0.15) is 0 Å². The number of hydrogen-bond donors (Lipinski definition) is 1. The fraction of sp³-hybridized carbons (Fsp3) is 1.00. The highest BCUT2D eigenvalue weighted by Gasteiger charge is 2.44. The van der Waals surface area contributed by atoms with E-state index in [1.165, 1.54) is 25.8 Å². The minimum atomic E-state index is -0.379. The number of fused-ring (bicyclic) bond motifs is 2. The molecule has 2 aliphatic rings. The van der Waals surface area contributed by atoms with Gasteiger partial charge in [-0.15, -0.1) is 0 Å². The van der Waals surface area contributed by atoms with Crippen LogP contribution in [0.25, 0.3) is 0 Å². The van der Waals surface area contributed by atoms with E-state index in [-0.39, 0.29) is 5.60 Å². The zero-order chi connectivity index (χ0) is 9.47. The van der Waals surface area contributed by atoms with Crippen LogP contribution < -0.4 is 0 Å². The molecule has 2 fully saturated rings. The fourth-order valence-electron chi connectivity index (χ4n) is 3.18. The van der Waals surface area contributed by atoms with E-state index in [0.717, 1.165) is 12.8 Å². The molecule has 0 aromatic rings. The lowest BCUT2D eigenvalue weighted by atomic mass is 9.88. The summed E-state index contributed by atoms with van der Waals surface area (Å²) in [4.78, 5) is 2.62. The Morgan fingerprint density at radius 2 is 1.85 bits per heavy atom. The Bertz CT molecular complexity index is 175. The van der Waals surface area contributed by atoms with E-state index in [4.69, 9.17) is 0 Å². The molecule has 2 heteroatoms. The molecule has 0 spiro atoms. The van der Waals surface area contributed by atoms with Gasteiger partial charge in [0.15, 0.2) is 0 Å². The number of nitrogens with zero attached hydrogens (tertiary/aromatic N) is 1. The maximum Gasteiger partial charge on any atom is 0.0649 e. The maximum absolute atomic E-state index is 10.0. The van der Waals surface area contributed by atoms with Crippen molar-refractivity contribution in [2.45, 2.75) is 63.6 Å². The number of rotatable bonds is 2. The molecule has 2 aliphatic heterocycles. The van der Waals surface area contributed by atoms with E-state index >= 15 is 0 Å². The lowest BCUT2D eigenvalue weighted by molar-refractivity contribution is -0.0381. The topological polar surface area (TPSA) is 23.5 Å². The van der Waals surface area contributed by atoms with Gasteiger partial charge in [0, 0.05) is 12.1 Å². The molecule has 2 saturated heterocycles. The number of aliphatic hydroxyl groups is 1. The van der Waals surface area contributed by atoms with Gasteiger partial charge in [-0.2, -0.15) is 0 Å². The monoisotopic (exact) mass is 183 g/mol. The van der Waals surface area contributed by atoms with E-state index in [1.807, 2.05) is 6.92 Å². The van der Waals surface area contributed by atoms with Gasteiger partial charge in [0.25, 0.3) is 0 Å². The Labute approximate surface area is 80.9 Å². The molecule has 0 unspecified atom stereocenters. The first-order valence-corrected chi connectivity index (χ1v) is 5.60. The molecule has 2 heterocycles. The van der Waals surface area contributed by atoms with Gasteiger partial charge >= 0.3 is 0 Å². The summed E-state index contributed by atoms with van der Waals surface area (Å²) in [6, 6.07) is 1.35. The smallest absolute Gasteiger partial charge is 0.0649 e. The van der Waals surface area contributed by atoms with Crippen LogP contribution in [0.4, 0.5) is 0 Å². The average molecular weight is 183 g/mol. The van der Waals surface area contributed by atoms with E-state index in [2.05, 4.69) is 11.8 Å². The fourth-order valence-corrected chi connectivity index (χ4v) is 3.18. The molecular weight excluding hydrogens is 162 g/mol. The maximum atomic E-state index is 10.0. The Balaban J connectivity index is 2.04. The Hall–Kier alpha value is -0.0800. The van der Waals surface area contributed by atoms with Gasteiger partial charge in [-0.3, -0.25) is 4.90 Å². The molecule has 1 N–H and O–H groups in total. The summed E-state index contributed by atoms with van der Waals surface area (Å²) in [5.74, 6) is 0. The second kappa shape index (κ2) is 3.25. The van der Waals surface area contributed by atoms with Gasteiger partial charge in [-0.05, 0) is 45.6 Å². The third-order valence-electron chi connectivity index (χ3n) is 3.60. The molecule has 0 saturated carbocycles. The predicted octanol–water partition coefficient (Wildman–Crippen LogP) is 1.77. The van der Waals surface area contributed by atoms with Crippen molar-refractivity contribution in [1.82, 2.24) is 4.90 Å². The van der Waals surface area contributed by atoms with Gasteiger partial charge in [0.05, 0.1) is 5.60 Å². The highest BCUT2D eigenvalue weighted by molar-refractivity contribution is 4.99. The number of piperidine rings is 1. The normalized spacial score (nSPS) is 45.5. The van der Waals surface area contributed by atoms with E-state index in [0.29, 0.717) is 12.1 Å². The predicted molar refractivity (Wildman–Crippen MR) is 53.7 cm³/mol. The summed E-state index contributed by atoms with van der Waals surface area (Å²) in [5.41, 5.74) is -0.379. The molecule has 13 heavy (non-hydrogen) atoms. The lowest BCUT2D eigenvalue weighted by Crippen LogP contribution is -2.49. The molecular formula is C11H21NO. The van der Waals surface area contributed by atoms with Gasteiger partial charge in [-0.1, -0.05) is 6.92 Å². The summed E-state index contributed by atoms with van der Waals surface area (Å²) in [7, 11) is 0. The van der Waals surface area contributed by atoms with Crippen LogP contribution >= 0.6 is 0 Å². The van der Waals surface area contributed by atoms with Crippen LogP contribution in [0.1, 0.15) is 46.0 Å². The van der Waals surface area contributed by atoms with Crippen LogP contribution in [0.15, 0.2) is 0 Å². The Kier molecular flexibility index (Phi) is 2.37. The minimum Gasteiger partial charge on any atom is -0.390 e. The Morgan fingerprint density at radius 3 is 2.31 bits per heavy atom. The molecule has 2 nitrogen and oxygen atoms in total. The summed E-state index contributed by atoms with van der Waals surface area (Å²) < 4.78 is 0. The molecule has 0 radical (unpaired) electrons. The summed E-state index contributed by atoms with van der Waals surface area (Å²) in [6.45, 7) is 5.47. The highest BCUT2D eigenvalue weighted by atomic mass is 16.3. The van der Waals surface area contributed by atoms with Crippen molar-refractivity contribution < 1.29 is 5.11 Å². The van der Waals surface area contributed by atoms with Gasteiger partial charge in [-0.25, -0.2) is 0 Å². The molecule has 76 valence electrons. The second-order valence-corrected chi connectivity index (χ2v) is 5.03. The molecule has 0 amide bonds. The first kappa shape index (κ1) is 9.47. The van der Waals surface area contributed by atoms with Gasteiger partial charge < -0.3 is 5.11 Å². The molecule has 0 aromatic heterocycles. The van der Waals surface area contributed by atoms with Crippen LogP contribution in [0.2, 0.25) is 0 Å². The van der Waals surface area contributed by atoms with E-state index in [9.17, 15) is 5.11 Å². The lowest BCUT2D eigenvalue weighted by Gasteiger charge is -2.42. The van der Waals surface area contributed by atoms with Crippen LogP contribution in [0, 0.1) is 0 Å². The second-order valence-electron chi connectivity index (χ2n) is 5.03. The summed E-state index contributed by atoms with van der Waals surface area (Å²) >= 11 is 0. The van der Waals surface area contributed by atoms with Crippen molar-refractivity contribution in [2.24, 2.45) is 0 Å². The highest BCUT2D eigenvalue weighted by Crippen LogP contribution is 2.40. The van der Waals surface area contributed by atoms with Crippen molar-refractivity contribution in [3.8, 4) is 0 Å². The van der Waals surface area contributed by atoms with Crippen LogP contribution in [0.5, 0.6) is 0 Å². The summed E-state index contributed by atoms with van der Waals surface area (Å²) in [6.07, 6.45) is 5.84. The van der Waals surface area contributed by atoms with Crippen molar-refractivity contribution in [3.05, 3.63) is 0 Å². The first-order chi connectivity index (χ1) is 6.12. The van der Waals surface area contributed by atoms with Crippen molar-refractivity contribution in [2.75, 3.05) is 6.54 Å². The van der Waals surface area contributed by atoms with E-state index < -0.39 is 0 Å². The first-order valence-electron chi connectivity index (χ1n) is 5.60. The van der Waals surface area contributed by atoms with Gasteiger partial charge in [0.2, 0.25) is 0 Å². The van der Waals surface area contributed by atoms with Crippen LogP contribution in [0.3, 0.4) is 0 Å². The SMILES string of the molecule is CCCN1[C@H]2CC[C@H]1CC(C)(O)C2. The molecule has 2 bridgehead atoms. The van der Waals surface area contributed by atoms with Crippen LogP contribution in [-0.2, 0) is 0 Å². The molecule has 2 atom stereocenters.